The van der Waals surface area contributed by atoms with Gasteiger partial charge in [0.05, 0.1) is 12.7 Å². The number of ether oxygens (including phenoxy) is 2. The van der Waals surface area contributed by atoms with Crippen molar-refractivity contribution in [3.05, 3.63) is 71.8 Å². The molecule has 1 saturated heterocycles. The summed E-state index contributed by atoms with van der Waals surface area (Å²) >= 11 is 0. The molecule has 1 aliphatic heterocycles. The van der Waals surface area contributed by atoms with Gasteiger partial charge in [-0.1, -0.05) is 60.7 Å². The number of rotatable bonds is 7. The first-order valence-electron chi connectivity index (χ1n) is 9.85. The lowest BCUT2D eigenvalue weighted by Gasteiger charge is -2.36. The molecule has 2 aromatic rings. The van der Waals surface area contributed by atoms with Crippen LogP contribution >= 0.6 is 0 Å². The van der Waals surface area contributed by atoms with E-state index in [4.69, 9.17) is 9.47 Å². The molecule has 1 heterocycles. The van der Waals surface area contributed by atoms with Gasteiger partial charge in [-0.25, -0.2) is 0 Å². The molecule has 1 unspecified atom stereocenters. The molecule has 0 spiro atoms. The minimum absolute atomic E-state index is 0.0635. The van der Waals surface area contributed by atoms with Gasteiger partial charge in [0, 0.05) is 13.1 Å². The number of benzene rings is 2. The van der Waals surface area contributed by atoms with Crippen molar-refractivity contribution in [1.29, 1.82) is 0 Å². The Kier molecular flexibility index (Phi) is 7.02. The summed E-state index contributed by atoms with van der Waals surface area (Å²) in [6, 6.07) is 20.6. The third-order valence-corrected chi connectivity index (χ3v) is 5.19. The lowest BCUT2D eigenvalue weighted by atomic mass is 10.00. The van der Waals surface area contributed by atoms with E-state index in [-0.39, 0.29) is 24.2 Å². The van der Waals surface area contributed by atoms with E-state index < -0.39 is 0 Å². The Hall–Kier alpha value is -2.17. The van der Waals surface area contributed by atoms with Crippen LogP contribution in [0.4, 0.5) is 0 Å². The van der Waals surface area contributed by atoms with Gasteiger partial charge < -0.3 is 9.47 Å². The van der Waals surface area contributed by atoms with E-state index in [0.29, 0.717) is 6.61 Å². The molecule has 0 aromatic heterocycles. The minimum Gasteiger partial charge on any atom is -0.465 e. The monoisotopic (exact) mass is 367 g/mol. The largest absolute Gasteiger partial charge is 0.465 e. The Morgan fingerprint density at radius 2 is 1.52 bits per heavy atom. The van der Waals surface area contributed by atoms with Gasteiger partial charge in [0.2, 0.25) is 0 Å². The summed E-state index contributed by atoms with van der Waals surface area (Å²) in [6.07, 6.45) is 1.95. The number of esters is 1. The van der Waals surface area contributed by atoms with Gasteiger partial charge in [-0.15, -0.1) is 0 Å². The third kappa shape index (κ3) is 5.18. The summed E-state index contributed by atoms with van der Waals surface area (Å²) in [6.45, 7) is 5.90. The van der Waals surface area contributed by atoms with Crippen LogP contribution in [-0.4, -0.2) is 42.7 Å². The van der Waals surface area contributed by atoms with Crippen molar-refractivity contribution in [2.75, 3.05) is 19.7 Å². The number of piperidine rings is 1. The van der Waals surface area contributed by atoms with E-state index in [9.17, 15) is 4.79 Å². The summed E-state index contributed by atoms with van der Waals surface area (Å²) in [5.74, 6) is -0.136. The van der Waals surface area contributed by atoms with Crippen LogP contribution in [0.3, 0.4) is 0 Å². The zero-order valence-corrected chi connectivity index (χ0v) is 16.2. The number of carbonyl (C=O) groups excluding carboxylic acids is 1. The smallest absolute Gasteiger partial charge is 0.323 e. The van der Waals surface area contributed by atoms with Gasteiger partial charge in [-0.3, -0.25) is 9.69 Å². The molecule has 2 aromatic carbocycles. The Morgan fingerprint density at radius 1 is 1.00 bits per heavy atom. The average molecular weight is 367 g/mol. The first-order valence-corrected chi connectivity index (χ1v) is 9.85. The van der Waals surface area contributed by atoms with E-state index in [1.165, 1.54) is 11.1 Å². The molecule has 1 fully saturated rings. The first kappa shape index (κ1) is 19.6. The highest BCUT2D eigenvalue weighted by Gasteiger charge is 2.29. The van der Waals surface area contributed by atoms with Crippen molar-refractivity contribution < 1.29 is 14.3 Å². The molecule has 4 nitrogen and oxygen atoms in total. The highest BCUT2D eigenvalue weighted by atomic mass is 16.5. The van der Waals surface area contributed by atoms with E-state index in [1.54, 1.807) is 0 Å². The summed E-state index contributed by atoms with van der Waals surface area (Å²) in [4.78, 5) is 14.2. The molecule has 1 aliphatic rings. The third-order valence-electron chi connectivity index (χ3n) is 5.19. The highest BCUT2D eigenvalue weighted by Crippen LogP contribution is 2.30. The number of hydrogen-bond acceptors (Lipinski definition) is 4. The molecule has 0 radical (unpaired) electrons. The van der Waals surface area contributed by atoms with Crippen LogP contribution in [0.15, 0.2) is 60.7 Å². The minimum atomic E-state index is -0.190. The molecule has 0 amide bonds. The van der Waals surface area contributed by atoms with Crippen LogP contribution in [0.1, 0.15) is 43.9 Å². The SMILES string of the molecule is CCOC(=O)C(C)N1CCC(OC(c2ccccc2)c2ccccc2)CC1. The van der Waals surface area contributed by atoms with Crippen LogP contribution < -0.4 is 0 Å². The molecule has 0 saturated carbocycles. The molecule has 3 rings (SSSR count). The Morgan fingerprint density at radius 3 is 2.00 bits per heavy atom. The Balaban J connectivity index is 1.64. The second-order valence-electron chi connectivity index (χ2n) is 7.00. The quantitative estimate of drug-likeness (QED) is 0.687. The molecular formula is C23H29NO3. The lowest BCUT2D eigenvalue weighted by molar-refractivity contribution is -0.150. The molecule has 4 heteroatoms. The van der Waals surface area contributed by atoms with Crippen LogP contribution in [0.2, 0.25) is 0 Å². The maximum absolute atomic E-state index is 12.0. The van der Waals surface area contributed by atoms with E-state index in [1.807, 2.05) is 26.0 Å². The molecule has 27 heavy (non-hydrogen) atoms. The second kappa shape index (κ2) is 9.67. The van der Waals surface area contributed by atoms with Gasteiger partial charge in [0.15, 0.2) is 0 Å². The average Bonchev–Trinajstić information content (AvgIpc) is 2.73. The topological polar surface area (TPSA) is 38.8 Å². The summed E-state index contributed by atoms with van der Waals surface area (Å²) in [5, 5.41) is 0. The Labute approximate surface area is 162 Å². The van der Waals surface area contributed by atoms with Gasteiger partial charge >= 0.3 is 5.97 Å². The summed E-state index contributed by atoms with van der Waals surface area (Å²) in [5.41, 5.74) is 2.34. The van der Waals surface area contributed by atoms with Crippen molar-refractivity contribution in [2.24, 2.45) is 0 Å². The molecule has 0 aliphatic carbocycles. The highest BCUT2D eigenvalue weighted by molar-refractivity contribution is 5.75. The standard InChI is InChI=1S/C23H29NO3/c1-3-26-23(25)18(2)24-16-14-21(15-17-24)27-22(19-10-6-4-7-11-19)20-12-8-5-9-13-20/h4-13,18,21-22H,3,14-17H2,1-2H3. The van der Waals surface area contributed by atoms with Crippen molar-refractivity contribution in [3.63, 3.8) is 0 Å². The summed E-state index contributed by atoms with van der Waals surface area (Å²) < 4.78 is 11.7. The van der Waals surface area contributed by atoms with Crippen LogP contribution in [-0.2, 0) is 14.3 Å². The Bertz CT molecular complexity index is 657. The van der Waals surface area contributed by atoms with Crippen molar-refractivity contribution >= 4 is 5.97 Å². The first-order chi connectivity index (χ1) is 13.2. The van der Waals surface area contributed by atoms with Crippen LogP contribution in [0.25, 0.3) is 0 Å². The fourth-order valence-electron chi connectivity index (χ4n) is 3.61. The molecule has 0 bridgehead atoms. The number of nitrogens with zero attached hydrogens (tertiary/aromatic N) is 1. The van der Waals surface area contributed by atoms with Gasteiger partial charge in [0.1, 0.15) is 12.1 Å². The van der Waals surface area contributed by atoms with Crippen LogP contribution in [0, 0.1) is 0 Å². The maximum Gasteiger partial charge on any atom is 0.323 e. The fraction of sp³-hybridized carbons (Fsp3) is 0.435. The van der Waals surface area contributed by atoms with Crippen molar-refractivity contribution in [1.82, 2.24) is 4.90 Å². The van der Waals surface area contributed by atoms with Gasteiger partial charge in [0.25, 0.3) is 0 Å². The van der Waals surface area contributed by atoms with Crippen LogP contribution in [0.5, 0.6) is 0 Å². The predicted molar refractivity (Wildman–Crippen MR) is 107 cm³/mol. The molecule has 144 valence electrons. The normalized spacial score (nSPS) is 17.0. The predicted octanol–water partition coefficient (Wildman–Crippen LogP) is 4.21. The van der Waals surface area contributed by atoms with E-state index >= 15 is 0 Å². The fourth-order valence-corrected chi connectivity index (χ4v) is 3.61. The van der Waals surface area contributed by atoms with E-state index in [0.717, 1.165) is 25.9 Å². The second-order valence-corrected chi connectivity index (χ2v) is 7.00. The van der Waals surface area contributed by atoms with Gasteiger partial charge in [-0.2, -0.15) is 0 Å². The van der Waals surface area contributed by atoms with Gasteiger partial charge in [-0.05, 0) is 37.8 Å². The maximum atomic E-state index is 12.0. The molecule has 0 N–H and O–H groups in total. The number of carbonyl (C=O) groups is 1. The lowest BCUT2D eigenvalue weighted by Crippen LogP contribution is -2.46. The van der Waals surface area contributed by atoms with E-state index in [2.05, 4.69) is 53.4 Å². The zero-order chi connectivity index (χ0) is 19.1. The zero-order valence-electron chi connectivity index (χ0n) is 16.2. The number of hydrogen-bond donors (Lipinski definition) is 0. The van der Waals surface area contributed by atoms with Crippen molar-refractivity contribution in [3.8, 4) is 0 Å². The summed E-state index contributed by atoms with van der Waals surface area (Å²) in [7, 11) is 0. The number of likely N-dealkylation sites (tertiary alicyclic amines) is 1. The molecule has 1 atom stereocenters. The van der Waals surface area contributed by atoms with Crippen molar-refractivity contribution in [2.45, 2.75) is 44.9 Å². The molecular weight excluding hydrogens is 338 g/mol.